The summed E-state index contributed by atoms with van der Waals surface area (Å²) in [7, 11) is 0. The minimum absolute atomic E-state index is 0.0280. The van der Waals surface area contributed by atoms with Crippen molar-refractivity contribution in [3.63, 3.8) is 0 Å². The maximum Gasteiger partial charge on any atom is 0.289 e. The van der Waals surface area contributed by atoms with E-state index in [0.717, 1.165) is 29.7 Å². The van der Waals surface area contributed by atoms with Crippen molar-refractivity contribution in [1.29, 1.82) is 0 Å². The number of aromatic amines is 1. The Bertz CT molecular complexity index is 1550. The topological polar surface area (TPSA) is 142 Å². The highest BCUT2D eigenvalue weighted by Crippen LogP contribution is 2.35. The summed E-state index contributed by atoms with van der Waals surface area (Å²) in [5.74, 6) is 2.01. The summed E-state index contributed by atoms with van der Waals surface area (Å²) >= 11 is 0. The molecule has 7 rings (SSSR count). The number of pyridine rings is 1. The molecule has 39 heavy (non-hydrogen) atoms. The number of rotatable bonds is 6. The van der Waals surface area contributed by atoms with Crippen LogP contribution in [0.15, 0.2) is 45.8 Å². The standard InChI is InChI=1S/C26H27N7O6/c34-25-18(11-16-12-21-22(39-15-38-21)13-19(16)27-25)23(24-28-29-30-33(24)14-17-3-1-9-36-17)31-5-7-32(8-6-31)26(35)20-4-2-10-37-20/h2,4,10-13,17,23H,1,3,5-9,14-15H2,(H,27,34)/p+1/t17-,23-/m1/s1. The van der Waals surface area contributed by atoms with Crippen LogP contribution in [0.3, 0.4) is 0 Å². The number of ether oxygens (including phenoxy) is 3. The van der Waals surface area contributed by atoms with E-state index in [4.69, 9.17) is 18.6 Å². The molecule has 0 saturated carbocycles. The fraction of sp³-hybridized carbons (Fsp3) is 0.423. The first kappa shape index (κ1) is 23.9. The van der Waals surface area contributed by atoms with Gasteiger partial charge in [-0.05, 0) is 47.5 Å². The second kappa shape index (κ2) is 9.82. The number of quaternary nitrogens is 1. The van der Waals surface area contributed by atoms with Gasteiger partial charge in [0.2, 0.25) is 12.6 Å². The van der Waals surface area contributed by atoms with E-state index >= 15 is 0 Å². The molecule has 1 amide bonds. The van der Waals surface area contributed by atoms with Crippen molar-refractivity contribution >= 4 is 16.8 Å². The fourth-order valence-electron chi connectivity index (χ4n) is 5.74. The van der Waals surface area contributed by atoms with Gasteiger partial charge < -0.3 is 33.4 Å². The molecule has 4 aromatic rings. The molecule has 13 heteroatoms. The molecule has 2 saturated heterocycles. The third kappa shape index (κ3) is 4.42. The van der Waals surface area contributed by atoms with E-state index in [-0.39, 0.29) is 24.4 Å². The van der Waals surface area contributed by atoms with Crippen LogP contribution in [0, 0.1) is 0 Å². The number of tetrazole rings is 1. The molecule has 3 aliphatic rings. The number of nitrogens with zero attached hydrogens (tertiary/aromatic N) is 5. The minimum Gasteiger partial charge on any atom is -0.459 e. The molecule has 3 aromatic heterocycles. The SMILES string of the molecule is O=C(c1ccco1)N1CC[NH+]([C@H](c2cc3cc4c(cc3[nH]c2=O)OCO4)c2nnnn2C[C@H]2CCCO2)CC1. The van der Waals surface area contributed by atoms with E-state index in [2.05, 4.69) is 20.5 Å². The summed E-state index contributed by atoms with van der Waals surface area (Å²) in [6, 6.07) is 8.46. The van der Waals surface area contributed by atoms with E-state index in [1.165, 1.54) is 6.26 Å². The van der Waals surface area contributed by atoms with Gasteiger partial charge in [-0.2, -0.15) is 0 Å². The van der Waals surface area contributed by atoms with Gasteiger partial charge in [-0.25, -0.2) is 4.68 Å². The van der Waals surface area contributed by atoms with Crippen molar-refractivity contribution in [2.75, 3.05) is 39.6 Å². The highest BCUT2D eigenvalue weighted by Gasteiger charge is 2.38. The van der Waals surface area contributed by atoms with Crippen LogP contribution in [-0.4, -0.2) is 81.7 Å². The number of benzene rings is 1. The van der Waals surface area contributed by atoms with Gasteiger partial charge in [-0.15, -0.1) is 5.10 Å². The quantitative estimate of drug-likeness (QED) is 0.353. The fourth-order valence-corrected chi connectivity index (χ4v) is 5.74. The molecular weight excluding hydrogens is 506 g/mol. The van der Waals surface area contributed by atoms with Crippen LogP contribution in [0.4, 0.5) is 0 Å². The molecule has 0 radical (unpaired) electrons. The van der Waals surface area contributed by atoms with Crippen molar-refractivity contribution in [3.05, 3.63) is 64.1 Å². The molecule has 0 spiro atoms. The highest BCUT2D eigenvalue weighted by molar-refractivity contribution is 5.91. The van der Waals surface area contributed by atoms with Crippen molar-refractivity contribution < 1.29 is 28.3 Å². The number of furan rings is 1. The van der Waals surface area contributed by atoms with Gasteiger partial charge in [0.25, 0.3) is 11.5 Å². The van der Waals surface area contributed by atoms with E-state index in [1.54, 1.807) is 27.8 Å². The zero-order chi connectivity index (χ0) is 26.3. The number of nitrogens with one attached hydrogen (secondary N) is 2. The second-order valence-corrected chi connectivity index (χ2v) is 10.1. The Morgan fingerprint density at radius 3 is 2.79 bits per heavy atom. The van der Waals surface area contributed by atoms with Crippen molar-refractivity contribution in [2.45, 2.75) is 31.5 Å². The monoisotopic (exact) mass is 534 g/mol. The summed E-state index contributed by atoms with van der Waals surface area (Å²) in [6.45, 7) is 3.59. The molecular formula is C26H28N7O6+. The van der Waals surface area contributed by atoms with Gasteiger partial charge in [-0.1, -0.05) is 0 Å². The summed E-state index contributed by atoms with van der Waals surface area (Å²) in [4.78, 5) is 32.3. The molecule has 0 aliphatic carbocycles. The predicted molar refractivity (Wildman–Crippen MR) is 135 cm³/mol. The van der Waals surface area contributed by atoms with Crippen molar-refractivity contribution in [1.82, 2.24) is 30.1 Å². The average molecular weight is 535 g/mol. The molecule has 0 bridgehead atoms. The van der Waals surface area contributed by atoms with Crippen molar-refractivity contribution in [3.8, 4) is 11.5 Å². The molecule has 0 unspecified atom stereocenters. The van der Waals surface area contributed by atoms with Gasteiger partial charge in [0.05, 0.1) is 56.2 Å². The van der Waals surface area contributed by atoms with Crippen LogP contribution < -0.4 is 19.9 Å². The number of hydrogen-bond acceptors (Lipinski definition) is 9. The number of fused-ring (bicyclic) bond motifs is 2. The van der Waals surface area contributed by atoms with Gasteiger partial charge in [0.15, 0.2) is 23.3 Å². The van der Waals surface area contributed by atoms with E-state index < -0.39 is 6.04 Å². The number of hydrogen-bond donors (Lipinski definition) is 2. The third-order valence-corrected chi connectivity index (χ3v) is 7.73. The van der Waals surface area contributed by atoms with Crippen LogP contribution in [0.25, 0.3) is 10.9 Å². The summed E-state index contributed by atoms with van der Waals surface area (Å²) < 4.78 is 24.0. The Balaban J connectivity index is 1.25. The van der Waals surface area contributed by atoms with Crippen molar-refractivity contribution in [2.24, 2.45) is 0 Å². The zero-order valence-electron chi connectivity index (χ0n) is 21.2. The number of carbonyl (C=O) groups excluding carboxylic acids is 1. The van der Waals surface area contributed by atoms with E-state index in [9.17, 15) is 9.59 Å². The second-order valence-electron chi connectivity index (χ2n) is 10.1. The maximum absolute atomic E-state index is 13.6. The first-order valence-corrected chi connectivity index (χ1v) is 13.2. The molecule has 2 fully saturated rings. The predicted octanol–water partition coefficient (Wildman–Crippen LogP) is 0.146. The Morgan fingerprint density at radius 1 is 1.18 bits per heavy atom. The lowest BCUT2D eigenvalue weighted by molar-refractivity contribution is -0.930. The first-order valence-electron chi connectivity index (χ1n) is 13.2. The van der Waals surface area contributed by atoms with Gasteiger partial charge in [0.1, 0.15) is 0 Å². The number of aromatic nitrogens is 5. The van der Waals surface area contributed by atoms with Gasteiger partial charge in [0, 0.05) is 18.1 Å². The molecule has 202 valence electrons. The highest BCUT2D eigenvalue weighted by atomic mass is 16.7. The molecule has 2 atom stereocenters. The third-order valence-electron chi connectivity index (χ3n) is 7.73. The maximum atomic E-state index is 13.6. The largest absolute Gasteiger partial charge is 0.459 e. The lowest BCUT2D eigenvalue weighted by atomic mass is 10.0. The number of H-pyrrole nitrogens is 1. The van der Waals surface area contributed by atoms with Crippen LogP contribution in [0.5, 0.6) is 11.5 Å². The minimum atomic E-state index is -0.458. The summed E-state index contributed by atoms with van der Waals surface area (Å²) in [6.07, 6.45) is 3.47. The average Bonchev–Trinajstić information content (AvgIpc) is 3.77. The first-order chi connectivity index (χ1) is 19.1. The lowest BCUT2D eigenvalue weighted by Gasteiger charge is -2.35. The lowest BCUT2D eigenvalue weighted by Crippen LogP contribution is -3.15. The Kier molecular flexibility index (Phi) is 6.01. The summed E-state index contributed by atoms with van der Waals surface area (Å²) in [5, 5.41) is 13.5. The molecule has 3 aliphatic heterocycles. The molecule has 1 aromatic carbocycles. The Morgan fingerprint density at radius 2 is 2.03 bits per heavy atom. The van der Waals surface area contributed by atoms with Crippen LogP contribution in [0.2, 0.25) is 0 Å². The Hall–Kier alpha value is -4.23. The van der Waals surface area contributed by atoms with E-state index in [0.29, 0.717) is 66.9 Å². The van der Waals surface area contributed by atoms with Crippen LogP contribution in [-0.2, 0) is 11.3 Å². The Labute approximate surface area is 222 Å². The number of amides is 1. The number of piperazine rings is 1. The molecule has 13 nitrogen and oxygen atoms in total. The molecule has 6 heterocycles. The molecule has 2 N–H and O–H groups in total. The van der Waals surface area contributed by atoms with Gasteiger partial charge in [-0.3, -0.25) is 9.59 Å². The number of carbonyl (C=O) groups is 1. The summed E-state index contributed by atoms with van der Waals surface area (Å²) in [5.41, 5.74) is 0.986. The smallest absolute Gasteiger partial charge is 0.289 e. The van der Waals surface area contributed by atoms with Gasteiger partial charge >= 0.3 is 0 Å². The van der Waals surface area contributed by atoms with Crippen LogP contribution >= 0.6 is 0 Å². The zero-order valence-corrected chi connectivity index (χ0v) is 21.2. The van der Waals surface area contributed by atoms with E-state index in [1.807, 2.05) is 12.1 Å². The van der Waals surface area contributed by atoms with Crippen LogP contribution in [0.1, 0.15) is 40.8 Å². The normalized spacial score (nSPS) is 20.1.